The Bertz CT molecular complexity index is 584. The highest BCUT2D eigenvalue weighted by Gasteiger charge is 2.20. The number of rotatable bonds is 4. The fourth-order valence-corrected chi connectivity index (χ4v) is 2.48. The van der Waals surface area contributed by atoms with Gasteiger partial charge in [-0.25, -0.2) is 0 Å². The second kappa shape index (κ2) is 5.89. The molecule has 0 aliphatic heterocycles. The minimum absolute atomic E-state index is 0.161. The molecule has 0 heterocycles. The van der Waals surface area contributed by atoms with E-state index in [2.05, 4.69) is 15.9 Å². The maximum Gasteiger partial charge on any atom is 0.218 e. The lowest BCUT2D eigenvalue weighted by atomic mass is 9.88. The Labute approximate surface area is 120 Å². The highest BCUT2D eigenvalue weighted by atomic mass is 79.9. The van der Waals surface area contributed by atoms with Gasteiger partial charge in [-0.3, -0.25) is 4.79 Å². The first kappa shape index (κ1) is 13.6. The van der Waals surface area contributed by atoms with E-state index in [0.29, 0.717) is 5.56 Å². The number of nitrogens with two attached hydrogens (primary N) is 1. The number of carbonyl (C=O) groups excluding carboxylic acids is 1. The largest absolute Gasteiger partial charge is 0.508 e. The SMILES string of the molecule is NC(=O)C[C@H](c1ccccc1)c1cc(Br)ccc1O. The van der Waals surface area contributed by atoms with E-state index in [4.69, 9.17) is 5.73 Å². The molecule has 0 aliphatic carbocycles. The molecule has 3 nitrogen and oxygen atoms in total. The Balaban J connectivity index is 2.48. The van der Waals surface area contributed by atoms with E-state index in [1.165, 1.54) is 0 Å². The zero-order valence-electron chi connectivity index (χ0n) is 10.2. The van der Waals surface area contributed by atoms with Crippen molar-refractivity contribution in [3.05, 3.63) is 64.1 Å². The smallest absolute Gasteiger partial charge is 0.218 e. The average Bonchev–Trinajstić information content (AvgIpc) is 2.40. The number of aromatic hydroxyl groups is 1. The van der Waals surface area contributed by atoms with Gasteiger partial charge in [0.15, 0.2) is 0 Å². The lowest BCUT2D eigenvalue weighted by Gasteiger charge is -2.18. The molecule has 0 saturated heterocycles. The monoisotopic (exact) mass is 319 g/mol. The van der Waals surface area contributed by atoms with Gasteiger partial charge < -0.3 is 10.8 Å². The molecule has 0 aliphatic rings. The van der Waals surface area contributed by atoms with Gasteiger partial charge in [0.1, 0.15) is 5.75 Å². The summed E-state index contributed by atoms with van der Waals surface area (Å²) in [6.07, 6.45) is 0.161. The second-order valence-electron chi connectivity index (χ2n) is 4.34. The Morgan fingerprint density at radius 3 is 2.53 bits per heavy atom. The summed E-state index contributed by atoms with van der Waals surface area (Å²) < 4.78 is 0.853. The predicted octanol–water partition coefficient (Wildman–Crippen LogP) is 3.16. The number of benzene rings is 2. The maximum atomic E-state index is 11.3. The van der Waals surface area contributed by atoms with Crippen LogP contribution in [-0.4, -0.2) is 11.0 Å². The molecule has 3 N–H and O–H groups in total. The molecule has 0 radical (unpaired) electrons. The van der Waals surface area contributed by atoms with Crippen LogP contribution in [-0.2, 0) is 4.79 Å². The quantitative estimate of drug-likeness (QED) is 0.909. The standard InChI is InChI=1S/C15H14BrNO2/c16-11-6-7-14(18)13(8-11)12(9-15(17)19)10-4-2-1-3-5-10/h1-8,12,18H,9H2,(H2,17,19)/t12-/m1/s1. The van der Waals surface area contributed by atoms with Gasteiger partial charge in [0.05, 0.1) is 0 Å². The highest BCUT2D eigenvalue weighted by molar-refractivity contribution is 9.10. The fraction of sp³-hybridized carbons (Fsp3) is 0.133. The Kier molecular flexibility index (Phi) is 4.22. The third kappa shape index (κ3) is 3.35. The van der Waals surface area contributed by atoms with Crippen LogP contribution in [0.2, 0.25) is 0 Å². The second-order valence-corrected chi connectivity index (χ2v) is 5.25. The Morgan fingerprint density at radius 2 is 1.89 bits per heavy atom. The van der Waals surface area contributed by atoms with Crippen LogP contribution in [0.4, 0.5) is 0 Å². The third-order valence-electron chi connectivity index (χ3n) is 2.97. The van der Waals surface area contributed by atoms with Crippen molar-refractivity contribution in [1.29, 1.82) is 0 Å². The van der Waals surface area contributed by atoms with E-state index < -0.39 is 5.91 Å². The summed E-state index contributed by atoms with van der Waals surface area (Å²) in [6.45, 7) is 0. The number of phenols is 1. The first-order valence-corrected chi connectivity index (χ1v) is 6.69. The average molecular weight is 320 g/mol. The molecule has 0 bridgehead atoms. The number of primary amides is 1. The first-order valence-electron chi connectivity index (χ1n) is 5.89. The summed E-state index contributed by atoms with van der Waals surface area (Å²) >= 11 is 3.38. The van der Waals surface area contributed by atoms with Crippen molar-refractivity contribution in [3.63, 3.8) is 0 Å². The van der Waals surface area contributed by atoms with Crippen molar-refractivity contribution in [1.82, 2.24) is 0 Å². The lowest BCUT2D eigenvalue weighted by molar-refractivity contribution is -0.118. The molecule has 2 aromatic carbocycles. The minimum atomic E-state index is -0.395. The topological polar surface area (TPSA) is 63.3 Å². The van der Waals surface area contributed by atoms with Crippen LogP contribution in [0.3, 0.4) is 0 Å². The van der Waals surface area contributed by atoms with Crippen LogP contribution in [0.1, 0.15) is 23.5 Å². The van der Waals surface area contributed by atoms with Crippen LogP contribution in [0.5, 0.6) is 5.75 Å². The summed E-state index contributed by atoms with van der Waals surface area (Å²) in [6, 6.07) is 14.7. The molecule has 2 rings (SSSR count). The Morgan fingerprint density at radius 1 is 1.21 bits per heavy atom. The van der Waals surface area contributed by atoms with Crippen LogP contribution in [0.15, 0.2) is 53.0 Å². The van der Waals surface area contributed by atoms with Crippen molar-refractivity contribution in [3.8, 4) is 5.75 Å². The zero-order chi connectivity index (χ0) is 13.8. The number of hydrogen-bond acceptors (Lipinski definition) is 2. The molecule has 2 aromatic rings. The molecule has 1 atom stereocenters. The number of halogens is 1. The van der Waals surface area contributed by atoms with Gasteiger partial charge in [-0.2, -0.15) is 0 Å². The summed E-state index contributed by atoms with van der Waals surface area (Å²) in [5.41, 5.74) is 6.97. The molecule has 98 valence electrons. The van der Waals surface area contributed by atoms with Gasteiger partial charge >= 0.3 is 0 Å². The highest BCUT2D eigenvalue weighted by Crippen LogP contribution is 2.35. The van der Waals surface area contributed by atoms with Crippen molar-refractivity contribution in [2.75, 3.05) is 0 Å². The molecule has 0 spiro atoms. The molecule has 0 saturated carbocycles. The molecular formula is C15H14BrNO2. The van der Waals surface area contributed by atoms with Crippen LogP contribution >= 0.6 is 15.9 Å². The summed E-state index contributed by atoms with van der Waals surface area (Å²) in [4.78, 5) is 11.3. The number of hydrogen-bond donors (Lipinski definition) is 2. The fourth-order valence-electron chi connectivity index (χ4n) is 2.10. The molecule has 1 amide bonds. The molecular weight excluding hydrogens is 306 g/mol. The predicted molar refractivity (Wildman–Crippen MR) is 77.9 cm³/mol. The number of carbonyl (C=O) groups is 1. The lowest BCUT2D eigenvalue weighted by Crippen LogP contribution is -2.16. The normalized spacial score (nSPS) is 12.1. The van der Waals surface area contributed by atoms with Crippen LogP contribution in [0, 0.1) is 0 Å². The zero-order valence-corrected chi connectivity index (χ0v) is 11.8. The summed E-state index contributed by atoms with van der Waals surface area (Å²) in [7, 11) is 0. The van der Waals surface area contributed by atoms with E-state index in [1.807, 2.05) is 36.4 Å². The minimum Gasteiger partial charge on any atom is -0.508 e. The van der Waals surface area contributed by atoms with Gasteiger partial charge in [0.25, 0.3) is 0 Å². The van der Waals surface area contributed by atoms with Crippen molar-refractivity contribution < 1.29 is 9.90 Å². The maximum absolute atomic E-state index is 11.3. The van der Waals surface area contributed by atoms with Gasteiger partial charge in [-0.1, -0.05) is 46.3 Å². The van der Waals surface area contributed by atoms with E-state index in [-0.39, 0.29) is 18.1 Å². The molecule has 0 fully saturated rings. The van der Waals surface area contributed by atoms with Crippen molar-refractivity contribution in [2.24, 2.45) is 5.73 Å². The third-order valence-corrected chi connectivity index (χ3v) is 3.47. The van der Waals surface area contributed by atoms with E-state index >= 15 is 0 Å². The van der Waals surface area contributed by atoms with Gasteiger partial charge in [0.2, 0.25) is 5.91 Å². The van der Waals surface area contributed by atoms with Gasteiger partial charge in [0, 0.05) is 22.4 Å². The first-order chi connectivity index (χ1) is 9.08. The number of amides is 1. The van der Waals surface area contributed by atoms with E-state index in [1.54, 1.807) is 12.1 Å². The summed E-state index contributed by atoms with van der Waals surface area (Å²) in [5, 5.41) is 10.0. The van der Waals surface area contributed by atoms with Crippen molar-refractivity contribution in [2.45, 2.75) is 12.3 Å². The van der Waals surface area contributed by atoms with Crippen LogP contribution in [0.25, 0.3) is 0 Å². The molecule has 0 unspecified atom stereocenters. The van der Waals surface area contributed by atoms with Crippen molar-refractivity contribution >= 4 is 21.8 Å². The molecule has 4 heteroatoms. The van der Waals surface area contributed by atoms with E-state index in [0.717, 1.165) is 10.0 Å². The Hall–Kier alpha value is -1.81. The van der Waals surface area contributed by atoms with Gasteiger partial charge in [-0.15, -0.1) is 0 Å². The molecule has 0 aromatic heterocycles. The summed E-state index contributed by atoms with van der Waals surface area (Å²) in [5.74, 6) is -0.470. The van der Waals surface area contributed by atoms with Crippen LogP contribution < -0.4 is 5.73 Å². The number of phenolic OH excluding ortho intramolecular Hbond substituents is 1. The van der Waals surface area contributed by atoms with Gasteiger partial charge in [-0.05, 0) is 23.8 Å². The van der Waals surface area contributed by atoms with E-state index in [9.17, 15) is 9.90 Å². The molecule has 19 heavy (non-hydrogen) atoms.